The summed E-state index contributed by atoms with van der Waals surface area (Å²) in [6.07, 6.45) is 0.900. The van der Waals surface area contributed by atoms with Crippen LogP contribution in [-0.4, -0.2) is 54.0 Å². The van der Waals surface area contributed by atoms with Gasteiger partial charge in [0.1, 0.15) is 0 Å². The first-order valence-corrected chi connectivity index (χ1v) is 9.05. The van der Waals surface area contributed by atoms with Crippen LogP contribution in [0.3, 0.4) is 0 Å². The van der Waals surface area contributed by atoms with Crippen LogP contribution in [0.15, 0.2) is 5.16 Å². The van der Waals surface area contributed by atoms with Crippen molar-refractivity contribution in [1.29, 1.82) is 0 Å². The molecule has 0 unspecified atom stereocenters. The Morgan fingerprint density at radius 3 is 2.75 bits per heavy atom. The van der Waals surface area contributed by atoms with Crippen LogP contribution < -0.4 is 5.32 Å². The molecule has 0 aliphatic heterocycles. The van der Waals surface area contributed by atoms with Gasteiger partial charge in [0.15, 0.2) is 5.16 Å². The Morgan fingerprint density at radius 1 is 1.33 bits per heavy atom. The summed E-state index contributed by atoms with van der Waals surface area (Å²) in [6.45, 7) is 7.91. The van der Waals surface area contributed by atoms with Crippen molar-refractivity contribution < 1.29 is 19.1 Å². The van der Waals surface area contributed by atoms with Crippen LogP contribution in [0.4, 0.5) is 0 Å². The van der Waals surface area contributed by atoms with Crippen molar-refractivity contribution in [3.05, 3.63) is 11.4 Å². The molecule has 1 aromatic rings. The quantitative estimate of drug-likeness (QED) is 0.369. The van der Waals surface area contributed by atoms with E-state index in [1.165, 1.54) is 11.8 Å². The molecule has 1 amide bonds. The Bertz CT molecular complexity index is 546. The average Bonchev–Trinajstić information content (AvgIpc) is 2.82. The molecule has 1 N–H and O–H groups in total. The molecular formula is C16H27N3O4S. The number of nitrogens with zero attached hydrogens (tertiary/aromatic N) is 2. The molecule has 0 aliphatic rings. The molecule has 0 saturated carbocycles. The Hall–Kier alpha value is -1.54. The Balaban J connectivity index is 2.36. The number of aromatic nitrogens is 2. The van der Waals surface area contributed by atoms with Gasteiger partial charge in [0.05, 0.1) is 24.7 Å². The summed E-state index contributed by atoms with van der Waals surface area (Å²) in [5.74, 6) is -0.00449. The van der Waals surface area contributed by atoms with E-state index in [2.05, 4.69) is 14.9 Å². The van der Waals surface area contributed by atoms with Gasteiger partial charge in [-0.25, -0.2) is 4.98 Å². The standard InChI is InChI=1S/C16H27N3O4S/c1-5-23-15(21)7-6-8-17-14(20)11-24-16-18-12(2)13(3)19(16)9-10-22-4/h5-11H2,1-4H3,(H,17,20). The monoisotopic (exact) mass is 357 g/mol. The molecule has 0 saturated heterocycles. The lowest BCUT2D eigenvalue weighted by molar-refractivity contribution is -0.143. The van der Waals surface area contributed by atoms with Crippen molar-refractivity contribution >= 4 is 23.6 Å². The number of carbonyl (C=O) groups is 2. The van der Waals surface area contributed by atoms with E-state index in [0.717, 1.165) is 16.5 Å². The number of thioether (sulfide) groups is 1. The number of carbonyl (C=O) groups excluding carboxylic acids is 2. The van der Waals surface area contributed by atoms with E-state index in [4.69, 9.17) is 9.47 Å². The summed E-state index contributed by atoms with van der Waals surface area (Å²) in [5, 5.41) is 3.63. The lowest BCUT2D eigenvalue weighted by Gasteiger charge is -2.09. The maximum Gasteiger partial charge on any atom is 0.305 e. The second-order valence-electron chi connectivity index (χ2n) is 5.26. The number of methoxy groups -OCH3 is 1. The third kappa shape index (κ3) is 6.92. The molecule has 0 radical (unpaired) electrons. The van der Waals surface area contributed by atoms with E-state index in [1.807, 2.05) is 13.8 Å². The minimum absolute atomic E-state index is 0.0690. The summed E-state index contributed by atoms with van der Waals surface area (Å²) >= 11 is 1.41. The third-order valence-electron chi connectivity index (χ3n) is 3.46. The van der Waals surface area contributed by atoms with E-state index >= 15 is 0 Å². The number of esters is 1. The number of ether oxygens (including phenoxy) is 2. The van der Waals surface area contributed by atoms with Gasteiger partial charge < -0.3 is 19.4 Å². The molecular weight excluding hydrogens is 330 g/mol. The second kappa shape index (κ2) is 11.1. The Morgan fingerprint density at radius 2 is 2.08 bits per heavy atom. The molecule has 1 rings (SSSR count). The van der Waals surface area contributed by atoms with Gasteiger partial charge in [-0.1, -0.05) is 11.8 Å². The van der Waals surface area contributed by atoms with Crippen LogP contribution >= 0.6 is 11.8 Å². The number of rotatable bonds is 11. The molecule has 0 fully saturated rings. The number of amides is 1. The fraction of sp³-hybridized carbons (Fsp3) is 0.688. The molecule has 7 nitrogen and oxygen atoms in total. The summed E-state index contributed by atoms with van der Waals surface area (Å²) in [6, 6.07) is 0. The molecule has 0 bridgehead atoms. The summed E-state index contributed by atoms with van der Waals surface area (Å²) < 4.78 is 12.0. The van der Waals surface area contributed by atoms with Crippen LogP contribution in [0.5, 0.6) is 0 Å². The van der Waals surface area contributed by atoms with E-state index in [1.54, 1.807) is 14.0 Å². The third-order valence-corrected chi connectivity index (χ3v) is 4.44. The zero-order chi connectivity index (χ0) is 17.9. The van der Waals surface area contributed by atoms with E-state index < -0.39 is 0 Å². The maximum absolute atomic E-state index is 11.9. The molecule has 1 aromatic heterocycles. The maximum atomic E-state index is 11.9. The number of hydrogen-bond donors (Lipinski definition) is 1. The van der Waals surface area contributed by atoms with Gasteiger partial charge in [-0.15, -0.1) is 0 Å². The first kappa shape index (κ1) is 20.5. The second-order valence-corrected chi connectivity index (χ2v) is 6.20. The highest BCUT2D eigenvalue weighted by atomic mass is 32.2. The lowest BCUT2D eigenvalue weighted by atomic mass is 10.3. The number of imidazole rings is 1. The van der Waals surface area contributed by atoms with Gasteiger partial charge in [0.25, 0.3) is 0 Å². The predicted molar refractivity (Wildman–Crippen MR) is 93.2 cm³/mol. The number of nitrogens with one attached hydrogen (secondary N) is 1. The van der Waals surface area contributed by atoms with Crippen molar-refractivity contribution in [1.82, 2.24) is 14.9 Å². The summed E-state index contributed by atoms with van der Waals surface area (Å²) in [4.78, 5) is 27.6. The number of aryl methyl sites for hydroxylation is 1. The van der Waals surface area contributed by atoms with Crippen LogP contribution in [0, 0.1) is 13.8 Å². The topological polar surface area (TPSA) is 82.5 Å². The molecule has 8 heteroatoms. The van der Waals surface area contributed by atoms with Crippen LogP contribution in [0.2, 0.25) is 0 Å². The largest absolute Gasteiger partial charge is 0.466 e. The lowest BCUT2D eigenvalue weighted by Crippen LogP contribution is -2.26. The first-order valence-electron chi connectivity index (χ1n) is 8.07. The highest BCUT2D eigenvalue weighted by Gasteiger charge is 2.13. The van der Waals surface area contributed by atoms with Crippen molar-refractivity contribution in [2.24, 2.45) is 0 Å². The molecule has 0 aromatic carbocycles. The molecule has 0 aliphatic carbocycles. The fourth-order valence-electron chi connectivity index (χ4n) is 2.05. The average molecular weight is 357 g/mol. The highest BCUT2D eigenvalue weighted by molar-refractivity contribution is 7.99. The number of hydrogen-bond acceptors (Lipinski definition) is 6. The molecule has 24 heavy (non-hydrogen) atoms. The molecule has 0 atom stereocenters. The molecule has 0 spiro atoms. The SMILES string of the molecule is CCOC(=O)CCCNC(=O)CSc1nc(C)c(C)n1CCOC. The zero-order valence-electron chi connectivity index (χ0n) is 14.9. The van der Waals surface area contributed by atoms with Crippen molar-refractivity contribution in [2.45, 2.75) is 45.3 Å². The summed E-state index contributed by atoms with van der Waals surface area (Å²) in [5.41, 5.74) is 2.05. The van der Waals surface area contributed by atoms with Crippen LogP contribution in [-0.2, 0) is 25.6 Å². The van der Waals surface area contributed by atoms with Gasteiger partial charge in [0.2, 0.25) is 5.91 Å². The van der Waals surface area contributed by atoms with E-state index in [9.17, 15) is 9.59 Å². The van der Waals surface area contributed by atoms with E-state index in [0.29, 0.717) is 44.9 Å². The normalized spacial score (nSPS) is 10.7. The predicted octanol–water partition coefficient (Wildman–Crippen LogP) is 1.70. The van der Waals surface area contributed by atoms with Crippen molar-refractivity contribution in [2.75, 3.05) is 32.6 Å². The smallest absolute Gasteiger partial charge is 0.305 e. The molecule has 1 heterocycles. The van der Waals surface area contributed by atoms with Gasteiger partial charge in [-0.3, -0.25) is 9.59 Å². The van der Waals surface area contributed by atoms with E-state index in [-0.39, 0.29) is 11.9 Å². The minimum atomic E-state index is -0.229. The minimum Gasteiger partial charge on any atom is -0.466 e. The van der Waals surface area contributed by atoms with Crippen LogP contribution in [0.25, 0.3) is 0 Å². The van der Waals surface area contributed by atoms with Gasteiger partial charge in [-0.2, -0.15) is 0 Å². The van der Waals surface area contributed by atoms with Gasteiger partial charge >= 0.3 is 5.97 Å². The van der Waals surface area contributed by atoms with Gasteiger partial charge in [-0.05, 0) is 27.2 Å². The van der Waals surface area contributed by atoms with Crippen LogP contribution in [0.1, 0.15) is 31.2 Å². The Labute approximate surface area is 147 Å². The molecule has 136 valence electrons. The van der Waals surface area contributed by atoms with Crippen molar-refractivity contribution in [3.63, 3.8) is 0 Å². The first-order chi connectivity index (χ1) is 11.5. The van der Waals surface area contributed by atoms with Gasteiger partial charge in [0, 0.05) is 32.3 Å². The van der Waals surface area contributed by atoms with Crippen molar-refractivity contribution in [3.8, 4) is 0 Å². The summed E-state index contributed by atoms with van der Waals surface area (Å²) in [7, 11) is 1.66. The zero-order valence-corrected chi connectivity index (χ0v) is 15.7. The fourth-order valence-corrected chi connectivity index (χ4v) is 3.00. The Kier molecular flexibility index (Phi) is 9.48. The highest BCUT2D eigenvalue weighted by Crippen LogP contribution is 2.20.